The normalized spacial score (nSPS) is 13.1. The summed E-state index contributed by atoms with van der Waals surface area (Å²) in [6.45, 7) is 0.927. The summed E-state index contributed by atoms with van der Waals surface area (Å²) < 4.78 is 24.5. The quantitative estimate of drug-likeness (QED) is 0.749. The minimum atomic E-state index is -0.320. The Hall–Kier alpha value is -2.92. The lowest BCUT2D eigenvalue weighted by Gasteiger charge is -2.21. The van der Waals surface area contributed by atoms with Crippen LogP contribution < -0.4 is 10.1 Å². The van der Waals surface area contributed by atoms with E-state index in [1.807, 2.05) is 42.5 Å². The predicted octanol–water partition coefficient (Wildman–Crippen LogP) is 3.75. The molecule has 1 N–H and O–H groups in total. The molecule has 1 aliphatic heterocycles. The zero-order valence-corrected chi connectivity index (χ0v) is 14.8. The molecule has 0 saturated heterocycles. The first-order valence-electron chi connectivity index (χ1n) is 8.96. The number of rotatable bonds is 5. The molecule has 5 heteroatoms. The van der Waals surface area contributed by atoms with Crippen LogP contribution in [0.25, 0.3) is 10.8 Å². The molecule has 27 heavy (non-hydrogen) atoms. The van der Waals surface area contributed by atoms with Crippen LogP contribution in [0, 0.1) is 5.82 Å². The van der Waals surface area contributed by atoms with Crippen molar-refractivity contribution < 1.29 is 18.7 Å². The van der Waals surface area contributed by atoms with Crippen molar-refractivity contribution in [2.24, 2.45) is 0 Å². The van der Waals surface area contributed by atoms with Crippen LogP contribution in [0.3, 0.4) is 0 Å². The molecule has 0 aliphatic carbocycles. The first-order valence-corrected chi connectivity index (χ1v) is 8.96. The summed E-state index contributed by atoms with van der Waals surface area (Å²) in [5.41, 5.74) is 2.45. The van der Waals surface area contributed by atoms with Crippen LogP contribution in [0.1, 0.15) is 16.7 Å². The molecule has 4 nitrogen and oxygen atoms in total. The molecule has 0 saturated carbocycles. The predicted molar refractivity (Wildman–Crippen MR) is 101 cm³/mol. The van der Waals surface area contributed by atoms with Crippen LogP contribution in [0.15, 0.2) is 54.6 Å². The first kappa shape index (κ1) is 17.5. The molecule has 3 aromatic carbocycles. The zero-order chi connectivity index (χ0) is 18.6. The number of carbonyl (C=O) groups is 1. The summed E-state index contributed by atoms with van der Waals surface area (Å²) in [6.07, 6.45) is 0.814. The van der Waals surface area contributed by atoms with Crippen molar-refractivity contribution in [3.05, 3.63) is 77.1 Å². The van der Waals surface area contributed by atoms with Gasteiger partial charge in [-0.2, -0.15) is 0 Å². The lowest BCUT2D eigenvalue weighted by Crippen LogP contribution is -2.27. The van der Waals surface area contributed by atoms with Crippen LogP contribution in [0.2, 0.25) is 0 Å². The molecule has 0 bridgehead atoms. The molecule has 138 valence electrons. The van der Waals surface area contributed by atoms with E-state index >= 15 is 0 Å². The molecular formula is C22H20FNO3. The molecule has 0 fully saturated rings. The van der Waals surface area contributed by atoms with Crippen LogP contribution in [0.4, 0.5) is 4.39 Å². The average molecular weight is 365 g/mol. The highest BCUT2D eigenvalue weighted by molar-refractivity contribution is 5.90. The zero-order valence-electron chi connectivity index (χ0n) is 14.8. The van der Waals surface area contributed by atoms with Gasteiger partial charge >= 0.3 is 0 Å². The first-order chi connectivity index (χ1) is 13.2. The number of benzene rings is 3. The fourth-order valence-corrected chi connectivity index (χ4v) is 3.46. The Balaban J connectivity index is 1.40. The summed E-state index contributed by atoms with van der Waals surface area (Å²) in [5.74, 6) is 0.298. The van der Waals surface area contributed by atoms with Gasteiger partial charge in [0.05, 0.1) is 13.0 Å². The van der Waals surface area contributed by atoms with E-state index < -0.39 is 0 Å². The molecular weight excluding hydrogens is 345 g/mol. The Morgan fingerprint density at radius 2 is 1.93 bits per heavy atom. The molecule has 0 unspecified atom stereocenters. The Morgan fingerprint density at radius 3 is 2.85 bits per heavy atom. The number of halogens is 1. The molecule has 0 spiro atoms. The monoisotopic (exact) mass is 365 g/mol. The number of hydrogen-bond donors (Lipinski definition) is 1. The van der Waals surface area contributed by atoms with E-state index in [0.717, 1.165) is 21.9 Å². The second kappa shape index (κ2) is 7.76. The molecule has 0 aromatic heterocycles. The van der Waals surface area contributed by atoms with Crippen LogP contribution >= 0.6 is 0 Å². The smallest absolute Gasteiger partial charge is 0.224 e. The number of fused-ring (bicyclic) bond motifs is 2. The summed E-state index contributed by atoms with van der Waals surface area (Å²) >= 11 is 0. The van der Waals surface area contributed by atoms with Crippen molar-refractivity contribution in [3.8, 4) is 5.75 Å². The minimum absolute atomic E-state index is 0.0547. The van der Waals surface area contributed by atoms with Crippen molar-refractivity contribution in [2.75, 3.05) is 13.3 Å². The van der Waals surface area contributed by atoms with Gasteiger partial charge < -0.3 is 14.8 Å². The SMILES string of the molecule is O=C(Cc1cccc2ccccc12)NCCc1cc(F)cc2c1OCOC2. The van der Waals surface area contributed by atoms with Crippen molar-refractivity contribution >= 4 is 16.7 Å². The van der Waals surface area contributed by atoms with Crippen molar-refractivity contribution in [3.63, 3.8) is 0 Å². The maximum atomic E-state index is 13.8. The van der Waals surface area contributed by atoms with E-state index in [-0.39, 0.29) is 18.5 Å². The van der Waals surface area contributed by atoms with Gasteiger partial charge in [0, 0.05) is 12.1 Å². The van der Waals surface area contributed by atoms with E-state index in [1.54, 1.807) is 0 Å². The maximum Gasteiger partial charge on any atom is 0.224 e. The van der Waals surface area contributed by atoms with Gasteiger partial charge in [0.2, 0.25) is 5.91 Å². The topological polar surface area (TPSA) is 47.6 Å². The standard InChI is InChI=1S/C22H20FNO3/c23-19-10-17(22-18(11-19)13-26-14-27-22)8-9-24-21(25)12-16-6-3-5-15-4-1-2-7-20(15)16/h1-7,10-11H,8-9,12-14H2,(H,24,25). The molecule has 4 rings (SSSR count). The van der Waals surface area contributed by atoms with E-state index in [9.17, 15) is 9.18 Å². The summed E-state index contributed by atoms with van der Waals surface area (Å²) in [4.78, 5) is 12.4. The van der Waals surface area contributed by atoms with Crippen molar-refractivity contribution in [2.45, 2.75) is 19.4 Å². The minimum Gasteiger partial charge on any atom is -0.467 e. The molecule has 0 radical (unpaired) electrons. The van der Waals surface area contributed by atoms with E-state index in [4.69, 9.17) is 9.47 Å². The van der Waals surface area contributed by atoms with Gasteiger partial charge in [-0.05, 0) is 40.5 Å². The van der Waals surface area contributed by atoms with E-state index in [0.29, 0.717) is 37.3 Å². The number of ether oxygens (including phenoxy) is 2. The Bertz CT molecular complexity index is 981. The largest absolute Gasteiger partial charge is 0.467 e. The summed E-state index contributed by atoms with van der Waals surface area (Å²) in [7, 11) is 0. The molecule has 1 aliphatic rings. The number of nitrogens with one attached hydrogen (secondary N) is 1. The third-order valence-corrected chi connectivity index (χ3v) is 4.70. The number of hydrogen-bond acceptors (Lipinski definition) is 3. The molecule has 1 amide bonds. The van der Waals surface area contributed by atoms with E-state index in [1.165, 1.54) is 12.1 Å². The third-order valence-electron chi connectivity index (χ3n) is 4.70. The van der Waals surface area contributed by atoms with Gasteiger partial charge in [0.1, 0.15) is 11.6 Å². The summed E-state index contributed by atoms with van der Waals surface area (Å²) in [5, 5.41) is 5.13. The van der Waals surface area contributed by atoms with Gasteiger partial charge in [-0.3, -0.25) is 4.79 Å². The number of carbonyl (C=O) groups excluding carboxylic acids is 1. The van der Waals surface area contributed by atoms with Crippen LogP contribution in [-0.2, 0) is 29.0 Å². The van der Waals surface area contributed by atoms with Crippen molar-refractivity contribution in [1.29, 1.82) is 0 Å². The third kappa shape index (κ3) is 3.93. The Labute approximate surface area is 156 Å². The average Bonchev–Trinajstić information content (AvgIpc) is 2.68. The highest BCUT2D eigenvalue weighted by Crippen LogP contribution is 2.29. The van der Waals surface area contributed by atoms with E-state index in [2.05, 4.69) is 5.32 Å². The molecule has 3 aromatic rings. The van der Waals surface area contributed by atoms with Crippen molar-refractivity contribution in [1.82, 2.24) is 5.32 Å². The second-order valence-electron chi connectivity index (χ2n) is 6.58. The second-order valence-corrected chi connectivity index (χ2v) is 6.58. The van der Waals surface area contributed by atoms with Gasteiger partial charge in [-0.15, -0.1) is 0 Å². The lowest BCUT2D eigenvalue weighted by molar-refractivity contribution is -0.120. The van der Waals surface area contributed by atoms with Gasteiger partial charge in [0.15, 0.2) is 6.79 Å². The Morgan fingerprint density at radius 1 is 1.07 bits per heavy atom. The van der Waals surface area contributed by atoms with Crippen LogP contribution in [0.5, 0.6) is 5.75 Å². The molecule has 1 heterocycles. The number of amides is 1. The fourth-order valence-electron chi connectivity index (χ4n) is 3.46. The summed E-state index contributed by atoms with van der Waals surface area (Å²) in [6, 6.07) is 16.9. The highest BCUT2D eigenvalue weighted by atomic mass is 19.1. The molecule has 0 atom stereocenters. The highest BCUT2D eigenvalue weighted by Gasteiger charge is 2.17. The van der Waals surface area contributed by atoms with Gasteiger partial charge in [-0.25, -0.2) is 4.39 Å². The fraction of sp³-hybridized carbons (Fsp3) is 0.227. The van der Waals surface area contributed by atoms with Gasteiger partial charge in [-0.1, -0.05) is 42.5 Å². The van der Waals surface area contributed by atoms with Crippen LogP contribution in [-0.4, -0.2) is 19.2 Å². The lowest BCUT2D eigenvalue weighted by atomic mass is 10.0. The van der Waals surface area contributed by atoms with Gasteiger partial charge in [0.25, 0.3) is 0 Å². The Kier molecular flexibility index (Phi) is 5.03. The maximum absolute atomic E-state index is 13.8.